The molecule has 2 amide bonds. The number of nitrogens with zero attached hydrogens (tertiary/aromatic N) is 2. The molecule has 4 aromatic rings. The molecule has 1 saturated heterocycles. The van der Waals surface area contributed by atoms with Crippen LogP contribution in [0.2, 0.25) is 0 Å². The Morgan fingerprint density at radius 1 is 0.932 bits per heavy atom. The molecule has 6 rings (SSSR count). The lowest BCUT2D eigenvalue weighted by Gasteiger charge is -2.28. The fraction of sp³-hybridized carbons (Fsp3) is 0.324. The predicted molar refractivity (Wildman–Crippen MR) is 165 cm³/mol. The summed E-state index contributed by atoms with van der Waals surface area (Å²) in [5.74, 6) is -0.412. The zero-order valence-corrected chi connectivity index (χ0v) is 24.8. The number of fused-ring (bicyclic) bond motifs is 2. The zero-order chi connectivity index (χ0) is 30.6. The molecular formula is C34H35FN4O5. The normalized spacial score (nSPS) is 15.5. The van der Waals surface area contributed by atoms with Crippen molar-refractivity contribution in [2.45, 2.75) is 31.7 Å². The summed E-state index contributed by atoms with van der Waals surface area (Å²) in [4.78, 5) is 31.8. The number of piperidine rings is 1. The standard InChI is InChI=1S/C34H35FN4O5/c1-39-13-10-21(11-14-39)20-43-32-19-28-26(18-31(32)42-2)29(9-12-36-28)44-30-8-7-24(17-27(30)35)37-33(40)34(41)38-25-15-22-5-3-4-6-23(22)16-25/h3-9,12,17-19,21,25H,10-11,13-16,20H2,1-2H3,(H,37,40)(H,38,41). The third kappa shape index (κ3) is 6.60. The van der Waals surface area contributed by atoms with Gasteiger partial charge in [0.05, 0.1) is 19.2 Å². The van der Waals surface area contributed by atoms with Gasteiger partial charge in [-0.25, -0.2) is 4.39 Å². The molecule has 1 aromatic heterocycles. The van der Waals surface area contributed by atoms with Crippen LogP contribution in [0.15, 0.2) is 66.9 Å². The van der Waals surface area contributed by atoms with Crippen molar-refractivity contribution >= 4 is 28.4 Å². The summed E-state index contributed by atoms with van der Waals surface area (Å²) in [5.41, 5.74) is 3.07. The zero-order valence-electron chi connectivity index (χ0n) is 24.8. The van der Waals surface area contributed by atoms with E-state index in [0.29, 0.717) is 53.5 Å². The van der Waals surface area contributed by atoms with Gasteiger partial charge < -0.3 is 29.7 Å². The molecule has 3 aromatic carbocycles. The maximum atomic E-state index is 15.1. The minimum Gasteiger partial charge on any atom is -0.493 e. The Hall–Kier alpha value is -4.70. The van der Waals surface area contributed by atoms with Gasteiger partial charge in [0.25, 0.3) is 0 Å². The number of hydrogen-bond donors (Lipinski definition) is 2. The van der Waals surface area contributed by atoms with Crippen molar-refractivity contribution in [3.05, 3.63) is 83.8 Å². The monoisotopic (exact) mass is 598 g/mol. The lowest BCUT2D eigenvalue weighted by Crippen LogP contribution is -2.42. The van der Waals surface area contributed by atoms with Gasteiger partial charge in [-0.1, -0.05) is 24.3 Å². The van der Waals surface area contributed by atoms with Crippen LogP contribution in [-0.4, -0.2) is 61.6 Å². The number of pyridine rings is 1. The van der Waals surface area contributed by atoms with Crippen LogP contribution in [0.4, 0.5) is 10.1 Å². The highest BCUT2D eigenvalue weighted by Crippen LogP contribution is 2.38. The van der Waals surface area contributed by atoms with E-state index in [0.717, 1.165) is 43.1 Å². The van der Waals surface area contributed by atoms with Crippen molar-refractivity contribution in [2.24, 2.45) is 5.92 Å². The molecule has 44 heavy (non-hydrogen) atoms. The first-order chi connectivity index (χ1) is 21.4. The molecule has 10 heteroatoms. The van der Waals surface area contributed by atoms with E-state index in [1.165, 1.54) is 12.1 Å². The topological polar surface area (TPSA) is 102 Å². The fourth-order valence-electron chi connectivity index (χ4n) is 5.81. The van der Waals surface area contributed by atoms with Gasteiger partial charge in [0.1, 0.15) is 5.75 Å². The maximum Gasteiger partial charge on any atom is 0.313 e. The molecule has 9 nitrogen and oxygen atoms in total. The number of hydrogen-bond acceptors (Lipinski definition) is 7. The molecule has 0 bridgehead atoms. The summed E-state index contributed by atoms with van der Waals surface area (Å²) in [7, 11) is 3.70. The number of rotatable bonds is 8. The average Bonchev–Trinajstić information content (AvgIpc) is 3.44. The first-order valence-electron chi connectivity index (χ1n) is 14.8. The van der Waals surface area contributed by atoms with E-state index in [-0.39, 0.29) is 17.5 Å². The first kappa shape index (κ1) is 29.4. The van der Waals surface area contributed by atoms with Gasteiger partial charge in [-0.15, -0.1) is 0 Å². The second-order valence-electron chi connectivity index (χ2n) is 11.4. The summed E-state index contributed by atoms with van der Waals surface area (Å²) in [6, 6.07) is 17.0. The lowest BCUT2D eigenvalue weighted by atomic mass is 9.98. The van der Waals surface area contributed by atoms with Crippen molar-refractivity contribution < 1.29 is 28.2 Å². The number of nitrogens with one attached hydrogen (secondary N) is 2. The number of anilines is 1. The molecule has 1 aliphatic carbocycles. The van der Waals surface area contributed by atoms with Crippen LogP contribution < -0.4 is 24.8 Å². The van der Waals surface area contributed by atoms with E-state index in [2.05, 4.69) is 27.6 Å². The van der Waals surface area contributed by atoms with Gasteiger partial charge in [0, 0.05) is 35.4 Å². The van der Waals surface area contributed by atoms with E-state index >= 15 is 4.39 Å². The van der Waals surface area contributed by atoms with E-state index in [1.807, 2.05) is 24.3 Å². The molecule has 0 atom stereocenters. The Bertz CT molecular complexity index is 1660. The predicted octanol–water partition coefficient (Wildman–Crippen LogP) is 5.12. The van der Waals surface area contributed by atoms with Crippen molar-refractivity contribution in [3.8, 4) is 23.0 Å². The second kappa shape index (κ2) is 12.9. The molecule has 0 saturated carbocycles. The number of carbonyl (C=O) groups excluding carboxylic acids is 2. The SMILES string of the molecule is COc1cc2c(Oc3ccc(NC(=O)C(=O)NC4Cc5ccccc5C4)cc3F)ccnc2cc1OCC1CCN(C)CC1. The number of carbonyl (C=O) groups is 2. The van der Waals surface area contributed by atoms with Gasteiger partial charge in [-0.05, 0) is 87.1 Å². The van der Waals surface area contributed by atoms with Crippen molar-refractivity contribution in [1.29, 1.82) is 0 Å². The summed E-state index contributed by atoms with van der Waals surface area (Å²) >= 11 is 0. The largest absolute Gasteiger partial charge is 0.493 e. The average molecular weight is 599 g/mol. The van der Waals surface area contributed by atoms with Gasteiger partial charge >= 0.3 is 11.8 Å². The highest BCUT2D eigenvalue weighted by molar-refractivity contribution is 6.39. The number of halogens is 1. The second-order valence-corrected chi connectivity index (χ2v) is 11.4. The molecule has 0 unspecified atom stereocenters. The highest BCUT2D eigenvalue weighted by Gasteiger charge is 2.25. The molecule has 2 heterocycles. The van der Waals surface area contributed by atoms with Crippen LogP contribution in [-0.2, 0) is 22.4 Å². The van der Waals surface area contributed by atoms with E-state index < -0.39 is 17.6 Å². The fourth-order valence-corrected chi connectivity index (χ4v) is 5.81. The number of aromatic nitrogens is 1. The van der Waals surface area contributed by atoms with E-state index in [1.54, 1.807) is 31.5 Å². The molecular weight excluding hydrogens is 563 g/mol. The van der Waals surface area contributed by atoms with Crippen LogP contribution in [0.1, 0.15) is 24.0 Å². The molecule has 228 valence electrons. The Kier molecular flexibility index (Phi) is 8.60. The first-order valence-corrected chi connectivity index (χ1v) is 14.8. The van der Waals surface area contributed by atoms with Crippen LogP contribution in [0.25, 0.3) is 10.9 Å². The molecule has 0 spiro atoms. The number of benzene rings is 3. The number of methoxy groups -OCH3 is 1. The molecule has 0 radical (unpaired) electrons. The maximum absolute atomic E-state index is 15.1. The van der Waals surface area contributed by atoms with Gasteiger partial charge in [-0.2, -0.15) is 0 Å². The van der Waals surface area contributed by atoms with Crippen molar-refractivity contribution in [2.75, 3.05) is 39.2 Å². The number of likely N-dealkylation sites (tertiary alicyclic amines) is 1. The summed E-state index contributed by atoms with van der Waals surface area (Å²) in [6.07, 6.45) is 5.08. The summed E-state index contributed by atoms with van der Waals surface area (Å²) in [5, 5.41) is 5.86. The van der Waals surface area contributed by atoms with Crippen LogP contribution in [0.5, 0.6) is 23.0 Å². The Morgan fingerprint density at radius 2 is 1.68 bits per heavy atom. The van der Waals surface area contributed by atoms with Gasteiger partial charge in [0.2, 0.25) is 0 Å². The van der Waals surface area contributed by atoms with E-state index in [4.69, 9.17) is 14.2 Å². The summed E-state index contributed by atoms with van der Waals surface area (Å²) < 4.78 is 32.8. The lowest BCUT2D eigenvalue weighted by molar-refractivity contribution is -0.136. The molecule has 2 aliphatic rings. The third-order valence-corrected chi connectivity index (χ3v) is 8.30. The molecule has 1 aliphatic heterocycles. The van der Waals surface area contributed by atoms with Crippen LogP contribution >= 0.6 is 0 Å². The van der Waals surface area contributed by atoms with Crippen molar-refractivity contribution in [1.82, 2.24) is 15.2 Å². The number of amides is 2. The molecule has 1 fully saturated rings. The van der Waals surface area contributed by atoms with Crippen LogP contribution in [0, 0.1) is 11.7 Å². The Balaban J connectivity index is 1.10. The van der Waals surface area contributed by atoms with Gasteiger partial charge in [0.15, 0.2) is 23.1 Å². The minimum absolute atomic E-state index is 0.0507. The van der Waals surface area contributed by atoms with Crippen molar-refractivity contribution in [3.63, 3.8) is 0 Å². The smallest absolute Gasteiger partial charge is 0.313 e. The number of ether oxygens (including phenoxy) is 3. The third-order valence-electron chi connectivity index (χ3n) is 8.30. The van der Waals surface area contributed by atoms with E-state index in [9.17, 15) is 9.59 Å². The minimum atomic E-state index is -0.866. The molecule has 2 N–H and O–H groups in total. The van der Waals surface area contributed by atoms with Gasteiger partial charge in [-0.3, -0.25) is 14.6 Å². The highest BCUT2D eigenvalue weighted by atomic mass is 19.1. The quantitative estimate of drug-likeness (QED) is 0.272. The Morgan fingerprint density at radius 3 is 2.39 bits per heavy atom. The Labute approximate surface area is 255 Å². The van der Waals surface area contributed by atoms with Crippen LogP contribution in [0.3, 0.4) is 0 Å². The summed E-state index contributed by atoms with van der Waals surface area (Å²) in [6.45, 7) is 2.71.